The normalized spacial score (nSPS) is 10.3. The summed E-state index contributed by atoms with van der Waals surface area (Å²) in [5.74, 6) is -1.14. The zero-order valence-corrected chi connectivity index (χ0v) is 11.7. The van der Waals surface area contributed by atoms with Crippen LogP contribution in [0.5, 0.6) is 0 Å². The van der Waals surface area contributed by atoms with Crippen molar-refractivity contribution in [3.63, 3.8) is 0 Å². The van der Waals surface area contributed by atoms with Crippen molar-refractivity contribution in [1.29, 1.82) is 0 Å². The molecule has 0 saturated heterocycles. The lowest BCUT2D eigenvalue weighted by molar-refractivity contribution is 0.0692. The number of rotatable bonds is 4. The van der Waals surface area contributed by atoms with Gasteiger partial charge >= 0.3 is 12.0 Å². The number of urea groups is 1. The number of carbonyl (C=O) groups excluding carboxylic acids is 1. The third-order valence-corrected chi connectivity index (χ3v) is 3.39. The van der Waals surface area contributed by atoms with E-state index in [2.05, 4.69) is 25.8 Å². The van der Waals surface area contributed by atoms with E-state index in [4.69, 9.17) is 5.11 Å². The minimum absolute atomic E-state index is 0.0656. The molecule has 8 nitrogen and oxygen atoms in total. The van der Waals surface area contributed by atoms with Gasteiger partial charge in [-0.2, -0.15) is 0 Å². The molecule has 0 aliphatic carbocycles. The van der Waals surface area contributed by atoms with Crippen LogP contribution in [0.3, 0.4) is 0 Å². The highest BCUT2D eigenvalue weighted by atomic mass is 32.1. The van der Waals surface area contributed by atoms with Crippen LogP contribution in [0.25, 0.3) is 0 Å². The number of amides is 2. The fourth-order valence-electron chi connectivity index (χ4n) is 1.55. The van der Waals surface area contributed by atoms with Crippen molar-refractivity contribution in [1.82, 2.24) is 15.2 Å². The summed E-state index contributed by atoms with van der Waals surface area (Å²) in [7, 11) is 0. The lowest BCUT2D eigenvalue weighted by atomic mass is 10.3. The van der Waals surface area contributed by atoms with Gasteiger partial charge in [0.05, 0.1) is 5.69 Å². The molecule has 0 aliphatic heterocycles. The summed E-state index contributed by atoms with van der Waals surface area (Å²) in [4.78, 5) is 25.4. The maximum Gasteiger partial charge on any atom is 0.354 e. The highest BCUT2D eigenvalue weighted by molar-refractivity contribution is 7.15. The molecule has 0 spiro atoms. The molecule has 2 rings (SSSR count). The Morgan fingerprint density at radius 1 is 1.40 bits per heavy atom. The highest BCUT2D eigenvalue weighted by Gasteiger charge is 2.16. The Labute approximate surface area is 118 Å². The average molecular weight is 295 g/mol. The first kappa shape index (κ1) is 14.0. The van der Waals surface area contributed by atoms with E-state index in [1.165, 1.54) is 11.3 Å². The van der Waals surface area contributed by atoms with Crippen molar-refractivity contribution in [3.05, 3.63) is 22.5 Å². The summed E-state index contributed by atoms with van der Waals surface area (Å²) in [6.07, 6.45) is 0.737. The fraction of sp³-hybridized carbons (Fsp3) is 0.273. The first-order chi connectivity index (χ1) is 9.49. The first-order valence-electron chi connectivity index (χ1n) is 5.83. The number of aromatic carboxylic acids is 1. The smallest absolute Gasteiger partial charge is 0.354 e. The van der Waals surface area contributed by atoms with Gasteiger partial charge in [0.2, 0.25) is 5.13 Å². The standard InChI is InChI=1S/C11H13N5O3S/c1-3-7-15-16-11(20-7)14-10(19)13-6-4-5(2)12-8(6)9(17)18/h4,12H,3H2,1-2H3,(H,17,18)(H2,13,14,16,19). The molecule has 106 valence electrons. The average Bonchev–Trinajstić information content (AvgIpc) is 2.96. The van der Waals surface area contributed by atoms with Crippen LogP contribution in [0.4, 0.5) is 15.6 Å². The third kappa shape index (κ3) is 3.12. The Morgan fingerprint density at radius 3 is 2.75 bits per heavy atom. The number of anilines is 2. The number of aromatic amines is 1. The maximum atomic E-state index is 11.8. The molecule has 0 fully saturated rings. The molecule has 2 aromatic heterocycles. The second-order valence-corrected chi connectivity index (χ2v) is 5.04. The molecule has 9 heteroatoms. The van der Waals surface area contributed by atoms with Crippen LogP contribution in [-0.4, -0.2) is 32.3 Å². The van der Waals surface area contributed by atoms with Gasteiger partial charge in [-0.3, -0.25) is 5.32 Å². The van der Waals surface area contributed by atoms with Crippen LogP contribution in [0.2, 0.25) is 0 Å². The topological polar surface area (TPSA) is 120 Å². The van der Waals surface area contributed by atoms with E-state index >= 15 is 0 Å². The molecule has 0 radical (unpaired) electrons. The van der Waals surface area contributed by atoms with E-state index in [1.54, 1.807) is 13.0 Å². The van der Waals surface area contributed by atoms with E-state index in [0.717, 1.165) is 11.4 Å². The number of hydrogen-bond acceptors (Lipinski definition) is 5. The van der Waals surface area contributed by atoms with Crippen molar-refractivity contribution < 1.29 is 14.7 Å². The number of carbonyl (C=O) groups is 2. The predicted molar refractivity (Wildman–Crippen MR) is 74.4 cm³/mol. The van der Waals surface area contributed by atoms with Gasteiger partial charge in [-0.05, 0) is 19.4 Å². The number of aryl methyl sites for hydroxylation is 2. The van der Waals surface area contributed by atoms with Gasteiger partial charge in [-0.1, -0.05) is 18.3 Å². The molecule has 4 N–H and O–H groups in total. The van der Waals surface area contributed by atoms with Crippen LogP contribution >= 0.6 is 11.3 Å². The molecule has 2 amide bonds. The fourth-order valence-corrected chi connectivity index (χ4v) is 2.23. The van der Waals surface area contributed by atoms with Crippen molar-refractivity contribution in [2.45, 2.75) is 20.3 Å². The van der Waals surface area contributed by atoms with Gasteiger partial charge in [0.25, 0.3) is 0 Å². The van der Waals surface area contributed by atoms with E-state index in [9.17, 15) is 9.59 Å². The Morgan fingerprint density at radius 2 is 2.15 bits per heavy atom. The summed E-state index contributed by atoms with van der Waals surface area (Å²) in [5.41, 5.74) is 0.777. The minimum atomic E-state index is -1.14. The van der Waals surface area contributed by atoms with Gasteiger partial charge < -0.3 is 15.4 Å². The molecule has 0 bridgehead atoms. The largest absolute Gasteiger partial charge is 0.477 e. The molecule has 2 heterocycles. The molecule has 2 aromatic rings. The molecule has 0 saturated carbocycles. The van der Waals surface area contributed by atoms with Crippen molar-refractivity contribution >= 4 is 34.2 Å². The summed E-state index contributed by atoms with van der Waals surface area (Å²) in [5, 5.41) is 22.8. The van der Waals surface area contributed by atoms with E-state index < -0.39 is 12.0 Å². The zero-order chi connectivity index (χ0) is 14.7. The van der Waals surface area contributed by atoms with E-state index in [0.29, 0.717) is 10.8 Å². The van der Waals surface area contributed by atoms with Crippen molar-refractivity contribution in [2.24, 2.45) is 0 Å². The SMILES string of the molecule is CCc1nnc(NC(=O)Nc2cc(C)[nH]c2C(=O)O)s1. The van der Waals surface area contributed by atoms with Gasteiger partial charge in [0, 0.05) is 5.69 Å². The Bertz CT molecular complexity index is 648. The minimum Gasteiger partial charge on any atom is -0.477 e. The Balaban J connectivity index is 2.06. The van der Waals surface area contributed by atoms with Crippen molar-refractivity contribution in [3.8, 4) is 0 Å². The van der Waals surface area contributed by atoms with Gasteiger partial charge in [0.1, 0.15) is 10.7 Å². The predicted octanol–water partition coefficient (Wildman–Crippen LogP) is 2.08. The van der Waals surface area contributed by atoms with Crippen LogP contribution in [0, 0.1) is 6.92 Å². The second-order valence-electron chi connectivity index (χ2n) is 3.98. The van der Waals surface area contributed by atoms with Crippen LogP contribution in [-0.2, 0) is 6.42 Å². The quantitative estimate of drug-likeness (QED) is 0.688. The van der Waals surface area contributed by atoms with E-state index in [1.807, 2.05) is 6.92 Å². The number of nitrogens with zero attached hydrogens (tertiary/aromatic N) is 2. The molecule has 0 unspecified atom stereocenters. The van der Waals surface area contributed by atoms with Gasteiger partial charge in [-0.15, -0.1) is 10.2 Å². The molecular weight excluding hydrogens is 282 g/mol. The number of aromatic nitrogens is 3. The Kier molecular flexibility index (Phi) is 3.99. The maximum absolute atomic E-state index is 11.8. The third-order valence-electron chi connectivity index (χ3n) is 2.40. The van der Waals surface area contributed by atoms with Gasteiger partial charge in [0.15, 0.2) is 0 Å². The lowest BCUT2D eigenvalue weighted by Crippen LogP contribution is -2.20. The van der Waals surface area contributed by atoms with Crippen molar-refractivity contribution in [2.75, 3.05) is 10.6 Å². The monoisotopic (exact) mass is 295 g/mol. The molecular formula is C11H13N5O3S. The van der Waals surface area contributed by atoms with Crippen LogP contribution in [0.15, 0.2) is 6.07 Å². The summed E-state index contributed by atoms with van der Waals surface area (Å²) in [6, 6.07) is 0.978. The summed E-state index contributed by atoms with van der Waals surface area (Å²) < 4.78 is 0. The summed E-state index contributed by atoms with van der Waals surface area (Å²) >= 11 is 1.27. The lowest BCUT2D eigenvalue weighted by Gasteiger charge is -2.03. The molecule has 0 aliphatic rings. The number of carboxylic acids is 1. The molecule has 0 atom stereocenters. The zero-order valence-electron chi connectivity index (χ0n) is 10.9. The number of carboxylic acid groups (broad SMARTS) is 1. The van der Waals surface area contributed by atoms with Gasteiger partial charge in [-0.25, -0.2) is 9.59 Å². The molecule has 0 aromatic carbocycles. The second kappa shape index (κ2) is 5.70. The number of nitrogens with one attached hydrogen (secondary N) is 3. The van der Waals surface area contributed by atoms with Crippen LogP contribution in [0.1, 0.15) is 28.1 Å². The molecule has 20 heavy (non-hydrogen) atoms. The Hall–Kier alpha value is -2.42. The first-order valence-corrected chi connectivity index (χ1v) is 6.64. The summed E-state index contributed by atoms with van der Waals surface area (Å²) in [6.45, 7) is 3.64. The van der Waals surface area contributed by atoms with E-state index in [-0.39, 0.29) is 11.4 Å². The number of H-pyrrole nitrogens is 1. The number of hydrogen-bond donors (Lipinski definition) is 4. The van der Waals surface area contributed by atoms with Crippen LogP contribution < -0.4 is 10.6 Å². The highest BCUT2D eigenvalue weighted by Crippen LogP contribution is 2.19.